The predicted octanol–water partition coefficient (Wildman–Crippen LogP) is 3.32. The Balaban J connectivity index is 2.18. The quantitative estimate of drug-likeness (QED) is 0.781. The number of ether oxygens (including phenoxy) is 3. The normalized spacial score (nSPS) is 18.6. The molecule has 0 N–H and O–H groups in total. The lowest BCUT2D eigenvalue weighted by Gasteiger charge is -2.22. The van der Waals surface area contributed by atoms with Gasteiger partial charge in [-0.1, -0.05) is 19.9 Å². The first-order valence-electron chi connectivity index (χ1n) is 6.76. The smallest absolute Gasteiger partial charge is 0.424 e. The first-order valence-corrected chi connectivity index (χ1v) is 6.76. The zero-order valence-corrected chi connectivity index (χ0v) is 12.6. The highest BCUT2D eigenvalue weighted by molar-refractivity contribution is 5.87. The van der Waals surface area contributed by atoms with E-state index in [1.165, 1.54) is 13.3 Å². The van der Waals surface area contributed by atoms with Crippen molar-refractivity contribution in [1.82, 2.24) is 4.90 Å². The average Bonchev–Trinajstić information content (AvgIpc) is 2.69. The third kappa shape index (κ3) is 2.94. The summed E-state index contributed by atoms with van der Waals surface area (Å²) >= 11 is 0. The van der Waals surface area contributed by atoms with Crippen LogP contribution in [0.3, 0.4) is 0 Å². The number of allylic oxidation sites excluding steroid dienone is 4. The summed E-state index contributed by atoms with van der Waals surface area (Å²) in [5.41, 5.74) is 0.599. The van der Waals surface area contributed by atoms with Crippen LogP contribution in [0.15, 0.2) is 35.5 Å². The van der Waals surface area contributed by atoms with Crippen molar-refractivity contribution in [1.29, 1.82) is 0 Å². The van der Waals surface area contributed by atoms with Gasteiger partial charge in [0, 0.05) is 12.5 Å². The molecule has 0 unspecified atom stereocenters. The minimum Gasteiger partial charge on any atom is -0.461 e. The number of fused-ring (bicyclic) bond motifs is 1. The predicted molar refractivity (Wildman–Crippen MR) is 75.0 cm³/mol. The first-order chi connectivity index (χ1) is 9.86. The third-order valence-electron chi connectivity index (χ3n) is 3.31. The second kappa shape index (κ2) is 5.63. The molecule has 2 amide bonds. The second-order valence-electron chi connectivity index (χ2n) is 5.48. The lowest BCUT2D eigenvalue weighted by molar-refractivity contribution is 0.0897. The fourth-order valence-corrected chi connectivity index (χ4v) is 2.25. The van der Waals surface area contributed by atoms with Crippen LogP contribution in [0.2, 0.25) is 0 Å². The summed E-state index contributed by atoms with van der Waals surface area (Å²) < 4.78 is 15.6. The van der Waals surface area contributed by atoms with Gasteiger partial charge in [0.05, 0.1) is 12.9 Å². The first kappa shape index (κ1) is 15.2. The molecule has 0 aromatic carbocycles. The number of carbonyl (C=O) groups is 2. The molecular formula is C15H19NO5. The fraction of sp³-hybridized carbons (Fsp3) is 0.467. The summed E-state index contributed by atoms with van der Waals surface area (Å²) in [5.74, 6) is 0.979. The topological polar surface area (TPSA) is 65.1 Å². The van der Waals surface area contributed by atoms with E-state index >= 15 is 0 Å². The molecule has 1 aliphatic heterocycles. The van der Waals surface area contributed by atoms with Gasteiger partial charge in [-0.3, -0.25) is 0 Å². The Morgan fingerprint density at radius 2 is 2.10 bits per heavy atom. The zero-order valence-electron chi connectivity index (χ0n) is 12.6. The molecule has 2 aliphatic rings. The van der Waals surface area contributed by atoms with Crippen LogP contribution in [0.4, 0.5) is 9.59 Å². The highest BCUT2D eigenvalue weighted by atomic mass is 16.6. The Bertz CT molecular complexity index is 556. The number of hydrogen-bond donors (Lipinski definition) is 0. The van der Waals surface area contributed by atoms with Crippen molar-refractivity contribution in [3.05, 3.63) is 35.5 Å². The van der Waals surface area contributed by atoms with Gasteiger partial charge >= 0.3 is 12.2 Å². The van der Waals surface area contributed by atoms with Crippen molar-refractivity contribution in [2.75, 3.05) is 13.7 Å². The number of hydrogen-bond acceptors (Lipinski definition) is 5. The lowest BCUT2D eigenvalue weighted by Crippen LogP contribution is -2.35. The van der Waals surface area contributed by atoms with Gasteiger partial charge in [-0.05, 0) is 25.0 Å². The van der Waals surface area contributed by atoms with E-state index in [4.69, 9.17) is 14.2 Å². The van der Waals surface area contributed by atoms with Crippen LogP contribution in [-0.2, 0) is 14.2 Å². The van der Waals surface area contributed by atoms with E-state index in [0.29, 0.717) is 17.9 Å². The molecule has 0 aromatic heterocycles. The lowest BCUT2D eigenvalue weighted by atomic mass is 9.90. The monoisotopic (exact) mass is 293 g/mol. The number of carbonyl (C=O) groups excluding carboxylic acids is 2. The highest BCUT2D eigenvalue weighted by Gasteiger charge is 2.41. The van der Waals surface area contributed by atoms with Gasteiger partial charge in [0.15, 0.2) is 11.5 Å². The molecule has 0 bridgehead atoms. The van der Waals surface area contributed by atoms with Gasteiger partial charge in [0.25, 0.3) is 0 Å². The molecule has 1 heterocycles. The van der Waals surface area contributed by atoms with Crippen LogP contribution in [0.1, 0.15) is 27.2 Å². The van der Waals surface area contributed by atoms with Gasteiger partial charge < -0.3 is 14.2 Å². The second-order valence-corrected chi connectivity index (χ2v) is 5.48. The fourth-order valence-electron chi connectivity index (χ4n) is 2.25. The maximum absolute atomic E-state index is 12.1. The van der Waals surface area contributed by atoms with Crippen molar-refractivity contribution in [2.45, 2.75) is 27.2 Å². The van der Waals surface area contributed by atoms with Crippen molar-refractivity contribution in [2.24, 2.45) is 5.41 Å². The van der Waals surface area contributed by atoms with E-state index in [-0.39, 0.29) is 12.0 Å². The number of rotatable bonds is 2. The van der Waals surface area contributed by atoms with Crippen molar-refractivity contribution >= 4 is 12.2 Å². The van der Waals surface area contributed by atoms with E-state index in [2.05, 4.69) is 0 Å². The SMILES string of the molecule is CCOC(=O)N(C)C(=O)OC1=C2OC=CC=C2CC1(C)C. The Hall–Kier alpha value is -2.24. The third-order valence-corrected chi connectivity index (χ3v) is 3.31. The summed E-state index contributed by atoms with van der Waals surface area (Å²) in [7, 11) is 1.31. The van der Waals surface area contributed by atoms with Crippen molar-refractivity contribution in [3.63, 3.8) is 0 Å². The van der Waals surface area contributed by atoms with Crippen LogP contribution in [0.25, 0.3) is 0 Å². The maximum atomic E-state index is 12.1. The van der Waals surface area contributed by atoms with Gasteiger partial charge in [0.1, 0.15) is 0 Å². The molecule has 114 valence electrons. The Labute approximate surface area is 123 Å². The molecule has 6 heteroatoms. The van der Waals surface area contributed by atoms with Crippen LogP contribution in [0.5, 0.6) is 0 Å². The van der Waals surface area contributed by atoms with Crippen molar-refractivity contribution < 1.29 is 23.8 Å². The Morgan fingerprint density at radius 3 is 2.76 bits per heavy atom. The minimum atomic E-state index is -0.788. The Kier molecular flexibility index (Phi) is 4.06. The minimum absolute atomic E-state index is 0.191. The van der Waals surface area contributed by atoms with E-state index in [1.807, 2.05) is 19.9 Å². The number of nitrogens with zero attached hydrogens (tertiary/aromatic N) is 1. The van der Waals surface area contributed by atoms with Crippen LogP contribution in [0, 0.1) is 5.41 Å². The summed E-state index contributed by atoms with van der Waals surface area (Å²) in [5, 5.41) is 0. The Morgan fingerprint density at radius 1 is 1.38 bits per heavy atom. The van der Waals surface area contributed by atoms with Crippen molar-refractivity contribution in [3.8, 4) is 0 Å². The van der Waals surface area contributed by atoms with E-state index in [0.717, 1.165) is 10.5 Å². The zero-order chi connectivity index (χ0) is 15.6. The standard InChI is InChI=1S/C15H19NO5/c1-5-19-13(17)16(4)14(18)21-12-11-10(7-6-8-20-11)9-15(12,2)3/h6-8H,5,9H2,1-4H3. The van der Waals surface area contributed by atoms with E-state index < -0.39 is 12.2 Å². The molecule has 0 aromatic rings. The average molecular weight is 293 g/mol. The van der Waals surface area contributed by atoms with Gasteiger partial charge in [0.2, 0.25) is 0 Å². The molecule has 0 radical (unpaired) electrons. The highest BCUT2D eigenvalue weighted by Crippen LogP contribution is 2.47. The maximum Gasteiger partial charge on any atom is 0.424 e. The van der Waals surface area contributed by atoms with Gasteiger partial charge in [-0.25, -0.2) is 14.5 Å². The molecule has 2 rings (SSSR count). The molecule has 6 nitrogen and oxygen atoms in total. The summed E-state index contributed by atoms with van der Waals surface area (Å²) in [4.78, 5) is 24.4. The summed E-state index contributed by atoms with van der Waals surface area (Å²) in [6.07, 6.45) is 4.43. The van der Waals surface area contributed by atoms with Crippen LogP contribution >= 0.6 is 0 Å². The molecule has 0 saturated heterocycles. The molecule has 1 aliphatic carbocycles. The number of imide groups is 1. The van der Waals surface area contributed by atoms with Crippen LogP contribution in [-0.4, -0.2) is 30.7 Å². The van der Waals surface area contributed by atoms with Crippen LogP contribution < -0.4 is 0 Å². The molecule has 0 atom stereocenters. The molecular weight excluding hydrogens is 274 g/mol. The van der Waals surface area contributed by atoms with Gasteiger partial charge in [-0.15, -0.1) is 0 Å². The van der Waals surface area contributed by atoms with E-state index in [1.54, 1.807) is 13.0 Å². The summed E-state index contributed by atoms with van der Waals surface area (Å²) in [6.45, 7) is 5.77. The number of amides is 2. The molecule has 0 spiro atoms. The largest absolute Gasteiger partial charge is 0.461 e. The summed E-state index contributed by atoms with van der Waals surface area (Å²) in [6, 6.07) is 0. The molecule has 0 fully saturated rings. The van der Waals surface area contributed by atoms with Gasteiger partial charge in [-0.2, -0.15) is 0 Å². The molecule has 21 heavy (non-hydrogen) atoms. The van der Waals surface area contributed by atoms with E-state index in [9.17, 15) is 9.59 Å². The molecule has 0 saturated carbocycles.